The van der Waals surface area contributed by atoms with Crippen LogP contribution in [0.3, 0.4) is 0 Å². The third-order valence-corrected chi connectivity index (χ3v) is 7.24. The van der Waals surface area contributed by atoms with E-state index in [9.17, 15) is 14.4 Å². The number of benzene rings is 3. The van der Waals surface area contributed by atoms with Crippen LogP contribution in [0.4, 0.5) is 4.79 Å². The Balaban J connectivity index is 1.22. The molecule has 3 aromatic carbocycles. The van der Waals surface area contributed by atoms with Gasteiger partial charge in [-0.1, -0.05) is 54.6 Å². The van der Waals surface area contributed by atoms with Crippen LogP contribution in [0.15, 0.2) is 71.6 Å². The van der Waals surface area contributed by atoms with E-state index in [0.29, 0.717) is 24.6 Å². The largest absolute Gasteiger partial charge is 0.489 e. The molecule has 6 nitrogen and oxygen atoms in total. The smallest absolute Gasteiger partial charge is 0.294 e. The van der Waals surface area contributed by atoms with E-state index >= 15 is 0 Å². The Morgan fingerprint density at radius 1 is 0.914 bits per heavy atom. The highest BCUT2D eigenvalue weighted by Gasteiger charge is 2.37. The van der Waals surface area contributed by atoms with Gasteiger partial charge in [0.25, 0.3) is 11.1 Å². The molecule has 0 atom stereocenters. The van der Waals surface area contributed by atoms with Crippen LogP contribution in [0.1, 0.15) is 30.4 Å². The van der Waals surface area contributed by atoms with Crippen LogP contribution in [0, 0.1) is 0 Å². The Kier molecular flexibility index (Phi) is 6.86. The number of hydrogen-bond donors (Lipinski definition) is 0. The molecule has 0 aromatic heterocycles. The highest BCUT2D eigenvalue weighted by Crippen LogP contribution is 2.32. The van der Waals surface area contributed by atoms with Gasteiger partial charge in [-0.15, -0.1) is 0 Å². The molecule has 5 rings (SSSR count). The normalized spacial score (nSPS) is 17.4. The van der Waals surface area contributed by atoms with E-state index in [1.807, 2.05) is 42.5 Å². The van der Waals surface area contributed by atoms with E-state index < -0.39 is 11.1 Å². The minimum Gasteiger partial charge on any atom is -0.489 e. The maximum atomic E-state index is 12.8. The van der Waals surface area contributed by atoms with Crippen molar-refractivity contribution in [1.82, 2.24) is 9.80 Å². The second kappa shape index (κ2) is 10.4. The number of rotatable bonds is 6. The molecule has 0 saturated carbocycles. The summed E-state index contributed by atoms with van der Waals surface area (Å²) in [6.07, 6.45) is 4.73. The Hall–Kier alpha value is -3.58. The summed E-state index contributed by atoms with van der Waals surface area (Å²) in [6.45, 7) is 1.65. The van der Waals surface area contributed by atoms with Gasteiger partial charge in [-0.25, -0.2) is 0 Å². The predicted octanol–water partition coefficient (Wildman–Crippen LogP) is 5.47. The number of ether oxygens (including phenoxy) is 1. The van der Waals surface area contributed by atoms with Crippen LogP contribution in [0.25, 0.3) is 16.8 Å². The number of nitrogens with zero attached hydrogens (tertiary/aromatic N) is 2. The van der Waals surface area contributed by atoms with Gasteiger partial charge in [-0.2, -0.15) is 0 Å². The Morgan fingerprint density at radius 3 is 2.46 bits per heavy atom. The fourth-order valence-electron chi connectivity index (χ4n) is 4.41. The lowest BCUT2D eigenvalue weighted by Crippen LogP contribution is -2.44. The fourth-order valence-corrected chi connectivity index (χ4v) is 5.24. The van der Waals surface area contributed by atoms with Crippen LogP contribution in [-0.2, 0) is 16.2 Å². The number of thioether (sulfide) groups is 1. The van der Waals surface area contributed by atoms with Gasteiger partial charge in [-0.3, -0.25) is 19.3 Å². The van der Waals surface area contributed by atoms with Crippen LogP contribution in [0.5, 0.6) is 5.75 Å². The third-order valence-electron chi connectivity index (χ3n) is 6.33. The molecule has 2 fully saturated rings. The number of carbonyl (C=O) groups excluding carboxylic acids is 3. The van der Waals surface area contributed by atoms with Crippen molar-refractivity contribution in [3.63, 3.8) is 0 Å². The molecule has 3 amide bonds. The topological polar surface area (TPSA) is 66.9 Å². The van der Waals surface area contributed by atoms with Crippen molar-refractivity contribution in [1.29, 1.82) is 0 Å². The molecule has 2 saturated heterocycles. The lowest BCUT2D eigenvalue weighted by atomic mass is 10.1. The first kappa shape index (κ1) is 23.2. The summed E-state index contributed by atoms with van der Waals surface area (Å²) in [6, 6.07) is 21.8. The van der Waals surface area contributed by atoms with E-state index in [1.54, 1.807) is 11.0 Å². The lowest BCUT2D eigenvalue weighted by molar-refractivity contribution is -0.136. The molecular weight excluding hydrogens is 460 g/mol. The van der Waals surface area contributed by atoms with E-state index in [-0.39, 0.29) is 12.5 Å². The van der Waals surface area contributed by atoms with E-state index in [1.165, 1.54) is 10.8 Å². The molecule has 0 bridgehead atoms. The van der Waals surface area contributed by atoms with Gasteiger partial charge in [0.05, 0.1) is 4.91 Å². The van der Waals surface area contributed by atoms with Crippen molar-refractivity contribution in [2.75, 3.05) is 19.6 Å². The zero-order valence-electron chi connectivity index (χ0n) is 19.3. The molecule has 0 unspecified atom stereocenters. The minimum absolute atomic E-state index is 0.166. The molecule has 0 N–H and O–H groups in total. The second-order valence-corrected chi connectivity index (χ2v) is 9.70. The Bertz CT molecular complexity index is 1290. The third kappa shape index (κ3) is 5.25. The van der Waals surface area contributed by atoms with Crippen LogP contribution in [-0.4, -0.2) is 46.5 Å². The maximum Gasteiger partial charge on any atom is 0.294 e. The summed E-state index contributed by atoms with van der Waals surface area (Å²) in [5.41, 5.74) is 1.90. The lowest BCUT2D eigenvalue weighted by Gasteiger charge is -2.27. The Labute approximate surface area is 208 Å². The number of piperidine rings is 1. The first-order chi connectivity index (χ1) is 17.1. The van der Waals surface area contributed by atoms with E-state index in [4.69, 9.17) is 4.74 Å². The zero-order valence-corrected chi connectivity index (χ0v) is 20.1. The first-order valence-corrected chi connectivity index (χ1v) is 12.6. The Morgan fingerprint density at radius 2 is 1.66 bits per heavy atom. The number of imide groups is 1. The molecule has 0 aliphatic carbocycles. The SMILES string of the molecule is O=C(CN1C(=O)S/C(=C/c2ccc(OCc3cccc4ccccc34)cc2)C1=O)N1CCCCC1. The van der Waals surface area contributed by atoms with Crippen molar-refractivity contribution in [3.05, 3.63) is 82.8 Å². The summed E-state index contributed by atoms with van der Waals surface area (Å²) in [7, 11) is 0. The van der Waals surface area contributed by atoms with Crippen molar-refractivity contribution in [2.24, 2.45) is 0 Å². The maximum absolute atomic E-state index is 12.8. The summed E-state index contributed by atoms with van der Waals surface area (Å²) >= 11 is 0.875. The fraction of sp³-hybridized carbons (Fsp3) is 0.250. The summed E-state index contributed by atoms with van der Waals surface area (Å²) in [4.78, 5) is 40.8. The average Bonchev–Trinajstić information content (AvgIpc) is 3.16. The average molecular weight is 487 g/mol. The first-order valence-electron chi connectivity index (χ1n) is 11.8. The van der Waals surface area contributed by atoms with Crippen LogP contribution in [0.2, 0.25) is 0 Å². The molecule has 35 heavy (non-hydrogen) atoms. The van der Waals surface area contributed by atoms with Gasteiger partial charge in [0.1, 0.15) is 18.9 Å². The number of hydrogen-bond acceptors (Lipinski definition) is 5. The summed E-state index contributed by atoms with van der Waals surface area (Å²) in [5.74, 6) is 0.137. The van der Waals surface area contributed by atoms with Crippen molar-refractivity contribution < 1.29 is 19.1 Å². The zero-order chi connectivity index (χ0) is 24.2. The molecule has 2 aliphatic heterocycles. The molecule has 178 valence electrons. The van der Waals surface area contributed by atoms with Crippen molar-refractivity contribution >= 4 is 45.7 Å². The van der Waals surface area contributed by atoms with Gasteiger partial charge in [0.2, 0.25) is 5.91 Å². The van der Waals surface area contributed by atoms with Crippen LogP contribution < -0.4 is 4.74 Å². The van der Waals surface area contributed by atoms with Crippen LogP contribution >= 0.6 is 11.8 Å². The number of carbonyl (C=O) groups is 3. The standard InChI is InChI=1S/C28H26N2O4S/c31-26(29-15-4-1-5-16-29)18-30-27(32)25(35-28(30)33)17-20-11-13-23(14-12-20)34-19-22-9-6-8-21-7-2-3-10-24(21)22/h2-3,6-14,17H,1,4-5,15-16,18-19H2/b25-17+. The van der Waals surface area contributed by atoms with Gasteiger partial charge in [-0.05, 0) is 71.1 Å². The van der Waals surface area contributed by atoms with Crippen molar-refractivity contribution in [2.45, 2.75) is 25.9 Å². The van der Waals surface area contributed by atoms with Crippen molar-refractivity contribution in [3.8, 4) is 5.75 Å². The molecular formula is C28H26N2O4S. The van der Waals surface area contributed by atoms with Gasteiger partial charge in [0, 0.05) is 13.1 Å². The quantitative estimate of drug-likeness (QED) is 0.433. The highest BCUT2D eigenvalue weighted by atomic mass is 32.2. The summed E-state index contributed by atoms with van der Waals surface area (Å²) < 4.78 is 5.98. The number of fused-ring (bicyclic) bond motifs is 1. The molecule has 7 heteroatoms. The molecule has 0 spiro atoms. The van der Waals surface area contributed by atoms with Gasteiger partial charge < -0.3 is 9.64 Å². The predicted molar refractivity (Wildman–Crippen MR) is 138 cm³/mol. The minimum atomic E-state index is -0.415. The van der Waals surface area contributed by atoms with E-state index in [0.717, 1.165) is 52.8 Å². The number of likely N-dealkylation sites (tertiary alicyclic amines) is 1. The second-order valence-electron chi connectivity index (χ2n) is 8.71. The highest BCUT2D eigenvalue weighted by molar-refractivity contribution is 8.18. The molecule has 2 heterocycles. The van der Waals surface area contributed by atoms with Gasteiger partial charge >= 0.3 is 0 Å². The monoisotopic (exact) mass is 486 g/mol. The molecule has 3 aromatic rings. The molecule has 2 aliphatic rings. The number of amides is 3. The summed E-state index contributed by atoms with van der Waals surface area (Å²) in [5, 5.41) is 1.94. The van der Waals surface area contributed by atoms with E-state index in [2.05, 4.69) is 24.3 Å². The molecule has 0 radical (unpaired) electrons. The van der Waals surface area contributed by atoms with Gasteiger partial charge in [0.15, 0.2) is 0 Å².